The molecule has 0 saturated heterocycles. The molecule has 0 fully saturated rings. The van der Waals surface area contributed by atoms with E-state index in [0.29, 0.717) is 25.6 Å². The van der Waals surface area contributed by atoms with Crippen molar-refractivity contribution in [3.63, 3.8) is 0 Å². The standard InChI is InChI=1S/C19H24FN3O/c1-3-21-18(22-13-15-8-7-11-17(20)12-15)23-14-19(2,24)16-9-5-4-6-10-16/h4-12,24H,3,13-14H2,1-2H3,(H2,21,22,23). The Hall–Kier alpha value is -2.40. The van der Waals surface area contributed by atoms with Crippen LogP contribution in [0.5, 0.6) is 0 Å². The summed E-state index contributed by atoms with van der Waals surface area (Å²) in [6, 6.07) is 15.9. The molecule has 0 aliphatic carbocycles. The van der Waals surface area contributed by atoms with Crippen molar-refractivity contribution in [1.82, 2.24) is 10.6 Å². The van der Waals surface area contributed by atoms with Gasteiger partial charge in [-0.3, -0.25) is 0 Å². The monoisotopic (exact) mass is 329 g/mol. The van der Waals surface area contributed by atoms with Crippen LogP contribution >= 0.6 is 0 Å². The van der Waals surface area contributed by atoms with E-state index in [4.69, 9.17) is 0 Å². The summed E-state index contributed by atoms with van der Waals surface area (Å²) in [5.41, 5.74) is 0.608. The van der Waals surface area contributed by atoms with Crippen molar-refractivity contribution in [2.75, 3.05) is 13.1 Å². The van der Waals surface area contributed by atoms with Crippen molar-refractivity contribution < 1.29 is 9.50 Å². The van der Waals surface area contributed by atoms with E-state index >= 15 is 0 Å². The van der Waals surface area contributed by atoms with E-state index in [1.807, 2.05) is 43.3 Å². The largest absolute Gasteiger partial charge is 0.384 e. The molecule has 2 aromatic carbocycles. The van der Waals surface area contributed by atoms with Crippen LogP contribution in [-0.4, -0.2) is 24.2 Å². The fourth-order valence-electron chi connectivity index (χ4n) is 2.30. The molecule has 0 aliphatic heterocycles. The first-order valence-electron chi connectivity index (χ1n) is 8.06. The van der Waals surface area contributed by atoms with Gasteiger partial charge in [-0.25, -0.2) is 9.38 Å². The molecule has 1 unspecified atom stereocenters. The molecule has 0 radical (unpaired) electrons. The predicted octanol–water partition coefficient (Wildman–Crippen LogP) is 2.79. The Kier molecular flexibility index (Phi) is 6.32. The number of guanidine groups is 1. The van der Waals surface area contributed by atoms with Gasteiger partial charge in [0.05, 0.1) is 13.1 Å². The Morgan fingerprint density at radius 3 is 2.54 bits per heavy atom. The van der Waals surface area contributed by atoms with Gasteiger partial charge in [0, 0.05) is 6.54 Å². The molecule has 2 aromatic rings. The molecule has 24 heavy (non-hydrogen) atoms. The second-order valence-electron chi connectivity index (χ2n) is 5.82. The maximum absolute atomic E-state index is 13.2. The van der Waals surface area contributed by atoms with Crippen LogP contribution in [0.25, 0.3) is 0 Å². The highest BCUT2D eigenvalue weighted by atomic mass is 19.1. The summed E-state index contributed by atoms with van der Waals surface area (Å²) in [5, 5.41) is 16.9. The summed E-state index contributed by atoms with van der Waals surface area (Å²) < 4.78 is 13.2. The van der Waals surface area contributed by atoms with Crippen molar-refractivity contribution in [2.45, 2.75) is 26.0 Å². The van der Waals surface area contributed by atoms with Gasteiger partial charge in [0.2, 0.25) is 0 Å². The fourth-order valence-corrected chi connectivity index (χ4v) is 2.30. The lowest BCUT2D eigenvalue weighted by atomic mass is 9.96. The number of halogens is 1. The number of aliphatic imine (C=N–C) groups is 1. The third kappa shape index (κ3) is 5.35. The number of hydrogen-bond acceptors (Lipinski definition) is 2. The van der Waals surface area contributed by atoms with Gasteiger partial charge in [0.25, 0.3) is 0 Å². The van der Waals surface area contributed by atoms with Crippen molar-refractivity contribution in [3.05, 3.63) is 71.5 Å². The van der Waals surface area contributed by atoms with E-state index in [1.165, 1.54) is 12.1 Å². The molecule has 0 aliphatic rings. The minimum absolute atomic E-state index is 0.271. The molecular weight excluding hydrogens is 305 g/mol. The molecule has 5 heteroatoms. The Bertz CT molecular complexity index is 671. The quantitative estimate of drug-likeness (QED) is 0.564. The van der Waals surface area contributed by atoms with E-state index in [0.717, 1.165) is 11.1 Å². The highest BCUT2D eigenvalue weighted by molar-refractivity contribution is 5.79. The summed E-state index contributed by atoms with van der Waals surface area (Å²) in [6.07, 6.45) is 0. The lowest BCUT2D eigenvalue weighted by Crippen LogP contribution is -2.44. The molecule has 0 saturated carbocycles. The maximum Gasteiger partial charge on any atom is 0.191 e. The number of nitrogens with one attached hydrogen (secondary N) is 2. The molecule has 2 rings (SSSR count). The molecule has 3 N–H and O–H groups in total. The minimum Gasteiger partial charge on any atom is -0.384 e. The first-order chi connectivity index (χ1) is 11.5. The van der Waals surface area contributed by atoms with Crippen LogP contribution in [0.15, 0.2) is 59.6 Å². The summed E-state index contributed by atoms with van der Waals surface area (Å²) >= 11 is 0. The second kappa shape index (κ2) is 8.45. The van der Waals surface area contributed by atoms with E-state index in [-0.39, 0.29) is 5.82 Å². The van der Waals surface area contributed by atoms with E-state index < -0.39 is 5.60 Å². The smallest absolute Gasteiger partial charge is 0.191 e. The van der Waals surface area contributed by atoms with Gasteiger partial charge < -0.3 is 15.7 Å². The van der Waals surface area contributed by atoms with Gasteiger partial charge in [0.1, 0.15) is 11.4 Å². The third-order valence-corrected chi connectivity index (χ3v) is 3.65. The lowest BCUT2D eigenvalue weighted by Gasteiger charge is -2.25. The molecule has 0 bridgehead atoms. The summed E-state index contributed by atoms with van der Waals surface area (Å²) in [7, 11) is 0. The third-order valence-electron chi connectivity index (χ3n) is 3.65. The Balaban J connectivity index is 2.01. The number of rotatable bonds is 6. The zero-order valence-electron chi connectivity index (χ0n) is 14.1. The van der Waals surface area contributed by atoms with Gasteiger partial charge >= 0.3 is 0 Å². The van der Waals surface area contributed by atoms with Gasteiger partial charge in [-0.1, -0.05) is 42.5 Å². The Labute approximate surface area is 142 Å². The normalized spacial score (nSPS) is 14.1. The lowest BCUT2D eigenvalue weighted by molar-refractivity contribution is 0.0617. The number of aliphatic hydroxyl groups is 1. The summed E-state index contributed by atoms with van der Waals surface area (Å²) in [4.78, 5) is 4.44. The first-order valence-corrected chi connectivity index (χ1v) is 8.06. The Morgan fingerprint density at radius 1 is 1.12 bits per heavy atom. The van der Waals surface area contributed by atoms with E-state index in [1.54, 1.807) is 13.0 Å². The molecule has 4 nitrogen and oxygen atoms in total. The number of nitrogens with zero attached hydrogens (tertiary/aromatic N) is 1. The van der Waals surface area contributed by atoms with Gasteiger partial charge in [-0.2, -0.15) is 0 Å². The van der Waals surface area contributed by atoms with E-state index in [2.05, 4.69) is 15.6 Å². The second-order valence-corrected chi connectivity index (χ2v) is 5.82. The van der Waals surface area contributed by atoms with Crippen molar-refractivity contribution in [1.29, 1.82) is 0 Å². The highest BCUT2D eigenvalue weighted by Crippen LogP contribution is 2.18. The number of hydrogen-bond donors (Lipinski definition) is 3. The van der Waals surface area contributed by atoms with Crippen LogP contribution in [0.1, 0.15) is 25.0 Å². The van der Waals surface area contributed by atoms with Gasteiger partial charge in [-0.15, -0.1) is 0 Å². The molecule has 1 atom stereocenters. The average molecular weight is 329 g/mol. The fraction of sp³-hybridized carbons (Fsp3) is 0.316. The first kappa shape index (κ1) is 17.9. The van der Waals surface area contributed by atoms with Crippen LogP contribution in [0, 0.1) is 5.82 Å². The molecule has 0 heterocycles. The molecule has 0 amide bonds. The zero-order valence-corrected chi connectivity index (χ0v) is 14.1. The maximum atomic E-state index is 13.2. The van der Waals surface area contributed by atoms with Crippen LogP contribution < -0.4 is 10.6 Å². The van der Waals surface area contributed by atoms with Crippen molar-refractivity contribution >= 4 is 5.96 Å². The SMILES string of the molecule is CCNC(=NCc1cccc(F)c1)NCC(C)(O)c1ccccc1. The molecule has 128 valence electrons. The molecule has 0 aromatic heterocycles. The van der Waals surface area contributed by atoms with Crippen LogP contribution in [0.2, 0.25) is 0 Å². The minimum atomic E-state index is -1.02. The topological polar surface area (TPSA) is 56.7 Å². The van der Waals surface area contributed by atoms with Crippen molar-refractivity contribution in [2.24, 2.45) is 4.99 Å². The summed E-state index contributed by atoms with van der Waals surface area (Å²) in [6.45, 7) is 5.09. The van der Waals surface area contributed by atoms with Crippen LogP contribution in [0.4, 0.5) is 4.39 Å². The van der Waals surface area contributed by atoms with Crippen molar-refractivity contribution in [3.8, 4) is 0 Å². The van der Waals surface area contributed by atoms with E-state index in [9.17, 15) is 9.50 Å². The summed E-state index contributed by atoms with van der Waals surface area (Å²) in [5.74, 6) is 0.311. The van der Waals surface area contributed by atoms with Crippen LogP contribution in [0.3, 0.4) is 0 Å². The zero-order chi connectivity index (χ0) is 17.4. The van der Waals surface area contributed by atoms with Gasteiger partial charge in [-0.05, 0) is 37.1 Å². The average Bonchev–Trinajstić information content (AvgIpc) is 2.58. The number of benzene rings is 2. The van der Waals surface area contributed by atoms with Crippen LogP contribution in [-0.2, 0) is 12.1 Å². The Morgan fingerprint density at radius 2 is 1.88 bits per heavy atom. The molecular formula is C19H24FN3O. The molecule has 0 spiro atoms. The van der Waals surface area contributed by atoms with Gasteiger partial charge in [0.15, 0.2) is 5.96 Å². The highest BCUT2D eigenvalue weighted by Gasteiger charge is 2.22. The predicted molar refractivity (Wildman–Crippen MR) is 95.2 cm³/mol.